The van der Waals surface area contributed by atoms with Gasteiger partial charge in [-0.05, 0) is 5.56 Å². The zero-order chi connectivity index (χ0) is 12.4. The van der Waals surface area contributed by atoms with E-state index >= 15 is 0 Å². The maximum absolute atomic E-state index is 5.65. The van der Waals surface area contributed by atoms with E-state index in [-0.39, 0.29) is 0 Å². The summed E-state index contributed by atoms with van der Waals surface area (Å²) in [5.41, 5.74) is 8.30. The van der Waals surface area contributed by atoms with Crippen molar-refractivity contribution in [2.75, 3.05) is 6.54 Å². The molecule has 0 atom stereocenters. The first-order valence-corrected chi connectivity index (χ1v) is 7.10. The average Bonchev–Trinajstić information content (AvgIpc) is 2.82. The fourth-order valence-corrected chi connectivity index (χ4v) is 3.40. The third-order valence-corrected chi connectivity index (χ3v) is 4.38. The van der Waals surface area contributed by atoms with Crippen LogP contribution in [0.2, 0.25) is 0 Å². The van der Waals surface area contributed by atoms with Crippen molar-refractivity contribution in [2.24, 2.45) is 5.73 Å². The highest BCUT2D eigenvalue weighted by Gasteiger charge is 2.20. The number of hydrogen-bond donors (Lipinski definition) is 1. The maximum Gasteiger partial charge on any atom is 0.107 e. The molecule has 18 heavy (non-hydrogen) atoms. The van der Waals surface area contributed by atoms with Crippen molar-refractivity contribution in [2.45, 2.75) is 26.1 Å². The Hall–Kier alpha value is -1.23. The van der Waals surface area contributed by atoms with Crippen LogP contribution in [0, 0.1) is 0 Å². The Morgan fingerprint density at radius 3 is 2.89 bits per heavy atom. The summed E-state index contributed by atoms with van der Waals surface area (Å²) >= 11 is 1.77. The number of nitrogens with two attached hydrogens (primary N) is 1. The Morgan fingerprint density at radius 2 is 2.11 bits per heavy atom. The highest BCUT2D eigenvalue weighted by Crippen LogP contribution is 2.25. The summed E-state index contributed by atoms with van der Waals surface area (Å²) in [4.78, 5) is 8.46. The van der Waals surface area contributed by atoms with Crippen LogP contribution in [0.15, 0.2) is 30.3 Å². The van der Waals surface area contributed by atoms with Gasteiger partial charge in [0.05, 0.1) is 5.69 Å². The second kappa shape index (κ2) is 5.18. The molecule has 1 aliphatic heterocycles. The van der Waals surface area contributed by atoms with Gasteiger partial charge in [-0.25, -0.2) is 4.98 Å². The molecule has 1 aliphatic rings. The second-order valence-corrected chi connectivity index (χ2v) is 5.80. The predicted octanol–water partition coefficient (Wildman–Crippen LogP) is 2.16. The van der Waals surface area contributed by atoms with Crippen molar-refractivity contribution >= 4 is 11.3 Å². The van der Waals surface area contributed by atoms with Crippen molar-refractivity contribution < 1.29 is 0 Å². The molecule has 0 aliphatic carbocycles. The van der Waals surface area contributed by atoms with E-state index in [0.29, 0.717) is 6.54 Å². The van der Waals surface area contributed by atoms with Gasteiger partial charge in [0.1, 0.15) is 5.01 Å². The third-order valence-electron chi connectivity index (χ3n) is 3.28. The van der Waals surface area contributed by atoms with Crippen LogP contribution in [-0.4, -0.2) is 16.4 Å². The summed E-state index contributed by atoms with van der Waals surface area (Å²) in [5, 5.41) is 1.07. The minimum Gasteiger partial charge on any atom is -0.325 e. The summed E-state index contributed by atoms with van der Waals surface area (Å²) < 4.78 is 0. The van der Waals surface area contributed by atoms with Crippen LogP contribution in [-0.2, 0) is 26.1 Å². The molecule has 0 radical (unpaired) electrons. The largest absolute Gasteiger partial charge is 0.325 e. The number of hydrogen-bond acceptors (Lipinski definition) is 4. The molecule has 94 valence electrons. The maximum atomic E-state index is 5.65. The molecule has 1 aromatic heterocycles. The summed E-state index contributed by atoms with van der Waals surface area (Å²) in [6, 6.07) is 10.6. The molecule has 4 heteroatoms. The molecule has 0 spiro atoms. The van der Waals surface area contributed by atoms with Crippen LogP contribution in [0.1, 0.15) is 21.1 Å². The topological polar surface area (TPSA) is 42.1 Å². The van der Waals surface area contributed by atoms with E-state index in [1.54, 1.807) is 11.3 Å². The molecular formula is C14H17N3S. The number of benzene rings is 1. The van der Waals surface area contributed by atoms with Gasteiger partial charge in [-0.3, -0.25) is 4.90 Å². The Morgan fingerprint density at radius 1 is 1.28 bits per heavy atom. The number of rotatable bonds is 3. The zero-order valence-electron chi connectivity index (χ0n) is 10.3. The molecule has 1 aromatic carbocycles. The minimum atomic E-state index is 0.566. The van der Waals surface area contributed by atoms with Crippen LogP contribution in [0.5, 0.6) is 0 Å². The fourth-order valence-electron chi connectivity index (χ4n) is 2.37. The van der Waals surface area contributed by atoms with E-state index in [1.807, 2.05) is 0 Å². The van der Waals surface area contributed by atoms with Crippen LogP contribution >= 0.6 is 11.3 Å². The summed E-state index contributed by atoms with van der Waals surface area (Å²) in [5.74, 6) is 0. The molecule has 2 heterocycles. The van der Waals surface area contributed by atoms with Gasteiger partial charge in [-0.15, -0.1) is 11.3 Å². The Bertz CT molecular complexity index is 521. The summed E-state index contributed by atoms with van der Waals surface area (Å²) in [6.45, 7) is 3.70. The van der Waals surface area contributed by atoms with Crippen LogP contribution in [0.3, 0.4) is 0 Å². The van der Waals surface area contributed by atoms with Gasteiger partial charge in [0.15, 0.2) is 0 Å². The molecule has 3 nitrogen and oxygen atoms in total. The fraction of sp³-hybridized carbons (Fsp3) is 0.357. The van der Waals surface area contributed by atoms with Gasteiger partial charge < -0.3 is 5.73 Å². The van der Waals surface area contributed by atoms with Gasteiger partial charge >= 0.3 is 0 Å². The van der Waals surface area contributed by atoms with Gasteiger partial charge in [-0.2, -0.15) is 0 Å². The average molecular weight is 259 g/mol. The first kappa shape index (κ1) is 11.8. The molecule has 0 amide bonds. The summed E-state index contributed by atoms with van der Waals surface area (Å²) in [7, 11) is 0. The third kappa shape index (κ3) is 2.46. The summed E-state index contributed by atoms with van der Waals surface area (Å²) in [6.07, 6.45) is 1.05. The molecule has 0 bridgehead atoms. The first-order chi connectivity index (χ1) is 8.85. The van der Waals surface area contributed by atoms with Gasteiger partial charge in [0.25, 0.3) is 0 Å². The molecule has 2 aromatic rings. The monoisotopic (exact) mass is 259 g/mol. The highest BCUT2D eigenvalue weighted by atomic mass is 32.1. The first-order valence-electron chi connectivity index (χ1n) is 6.29. The van der Waals surface area contributed by atoms with E-state index in [1.165, 1.54) is 16.1 Å². The van der Waals surface area contributed by atoms with Crippen LogP contribution < -0.4 is 5.73 Å². The Kier molecular flexibility index (Phi) is 3.41. The quantitative estimate of drug-likeness (QED) is 0.918. The van der Waals surface area contributed by atoms with E-state index in [9.17, 15) is 0 Å². The number of fused-ring (bicyclic) bond motifs is 1. The molecule has 0 fully saturated rings. The van der Waals surface area contributed by atoms with Gasteiger partial charge in [0, 0.05) is 37.5 Å². The molecular weight excluding hydrogens is 242 g/mol. The van der Waals surface area contributed by atoms with Crippen LogP contribution in [0.4, 0.5) is 0 Å². The van der Waals surface area contributed by atoms with E-state index in [2.05, 4.69) is 40.2 Å². The van der Waals surface area contributed by atoms with Crippen molar-refractivity contribution in [1.29, 1.82) is 0 Å². The highest BCUT2D eigenvalue weighted by molar-refractivity contribution is 7.11. The lowest BCUT2D eigenvalue weighted by atomic mass is 10.1. The lowest BCUT2D eigenvalue weighted by Crippen LogP contribution is -2.29. The zero-order valence-corrected chi connectivity index (χ0v) is 11.1. The number of aromatic nitrogens is 1. The second-order valence-electron chi connectivity index (χ2n) is 4.63. The van der Waals surface area contributed by atoms with E-state index in [0.717, 1.165) is 31.1 Å². The normalized spacial score (nSPS) is 15.6. The minimum absolute atomic E-state index is 0.566. The molecule has 2 N–H and O–H groups in total. The van der Waals surface area contributed by atoms with Crippen molar-refractivity contribution in [3.05, 3.63) is 51.5 Å². The lowest BCUT2D eigenvalue weighted by molar-refractivity contribution is 0.247. The van der Waals surface area contributed by atoms with E-state index < -0.39 is 0 Å². The Labute approximate surface area is 111 Å². The molecule has 0 saturated carbocycles. The van der Waals surface area contributed by atoms with E-state index in [4.69, 9.17) is 5.73 Å². The predicted molar refractivity (Wildman–Crippen MR) is 74.3 cm³/mol. The van der Waals surface area contributed by atoms with Gasteiger partial charge in [0.2, 0.25) is 0 Å². The Balaban J connectivity index is 1.71. The molecule has 0 unspecified atom stereocenters. The molecule has 0 saturated heterocycles. The smallest absolute Gasteiger partial charge is 0.107 e. The standard InChI is InChI=1S/C14H17N3S/c15-8-14-16-12-6-7-17(10-13(12)18-14)9-11-4-2-1-3-5-11/h1-5H,6-10,15H2. The van der Waals surface area contributed by atoms with Gasteiger partial charge in [-0.1, -0.05) is 30.3 Å². The van der Waals surface area contributed by atoms with Crippen molar-refractivity contribution in [3.8, 4) is 0 Å². The van der Waals surface area contributed by atoms with Crippen LogP contribution in [0.25, 0.3) is 0 Å². The number of thiazole rings is 1. The molecule has 3 rings (SSSR count). The number of nitrogens with zero attached hydrogens (tertiary/aromatic N) is 2. The SMILES string of the molecule is NCc1nc2c(s1)CN(Cc1ccccc1)CC2. The van der Waals surface area contributed by atoms with Crippen molar-refractivity contribution in [3.63, 3.8) is 0 Å². The lowest BCUT2D eigenvalue weighted by Gasteiger charge is -2.25. The van der Waals surface area contributed by atoms with Crippen molar-refractivity contribution in [1.82, 2.24) is 9.88 Å².